The van der Waals surface area contributed by atoms with Gasteiger partial charge in [-0.05, 0) is 0 Å². The highest BCUT2D eigenvalue weighted by Crippen LogP contribution is 2.22. The first-order valence-corrected chi connectivity index (χ1v) is 7.26. The molecule has 2 N–H and O–H groups in total. The Kier molecular flexibility index (Phi) is 5.95. The van der Waals surface area contributed by atoms with Gasteiger partial charge < -0.3 is 15.5 Å². The van der Waals surface area contributed by atoms with Crippen LogP contribution in [0.1, 0.15) is 20.8 Å². The lowest BCUT2D eigenvalue weighted by molar-refractivity contribution is -0.132. The summed E-state index contributed by atoms with van der Waals surface area (Å²) in [7, 11) is 0. The zero-order valence-corrected chi connectivity index (χ0v) is 12.2. The topological polar surface area (TPSA) is 61.4 Å². The second-order valence-corrected chi connectivity index (χ2v) is 7.11. The van der Waals surface area contributed by atoms with Gasteiger partial charge in [0.25, 0.3) is 0 Å². The van der Waals surface area contributed by atoms with Crippen LogP contribution in [0.25, 0.3) is 0 Å². The third kappa shape index (κ3) is 6.26. The van der Waals surface area contributed by atoms with Gasteiger partial charge in [0, 0.05) is 30.9 Å². The predicted molar refractivity (Wildman–Crippen MR) is 74.7 cm³/mol. The molecule has 0 radical (unpaired) electrons. The molecule has 5 nitrogen and oxygen atoms in total. The maximum absolute atomic E-state index is 11.8. The smallest absolute Gasteiger partial charge is 0.242 e. The second kappa shape index (κ2) is 6.99. The van der Waals surface area contributed by atoms with E-state index in [-0.39, 0.29) is 23.1 Å². The van der Waals surface area contributed by atoms with E-state index in [2.05, 4.69) is 31.4 Å². The Morgan fingerprint density at radius 3 is 2.44 bits per heavy atom. The lowest BCUT2D eigenvalue weighted by atomic mass is 10.3. The molecule has 0 spiro atoms. The van der Waals surface area contributed by atoms with Crippen LogP contribution in [0.15, 0.2) is 0 Å². The average Bonchev–Trinajstić information content (AvgIpc) is 2.33. The van der Waals surface area contributed by atoms with Crippen molar-refractivity contribution in [3.63, 3.8) is 0 Å². The number of amides is 2. The van der Waals surface area contributed by atoms with Crippen molar-refractivity contribution >= 4 is 23.6 Å². The van der Waals surface area contributed by atoms with Crippen molar-refractivity contribution in [2.75, 3.05) is 38.5 Å². The minimum absolute atomic E-state index is 0.00519. The molecule has 2 amide bonds. The van der Waals surface area contributed by atoms with Crippen LogP contribution < -0.4 is 10.6 Å². The number of piperazine rings is 1. The fourth-order valence-electron chi connectivity index (χ4n) is 1.53. The lowest BCUT2D eigenvalue weighted by Gasteiger charge is -2.27. The minimum atomic E-state index is -0.0709. The second-order valence-electron chi connectivity index (χ2n) is 5.31. The van der Waals surface area contributed by atoms with E-state index in [4.69, 9.17) is 0 Å². The molecule has 1 fully saturated rings. The van der Waals surface area contributed by atoms with Crippen molar-refractivity contribution < 1.29 is 9.59 Å². The zero-order valence-electron chi connectivity index (χ0n) is 11.4. The Hall–Kier alpha value is -0.750. The minimum Gasteiger partial charge on any atom is -0.346 e. The zero-order chi connectivity index (χ0) is 13.6. The van der Waals surface area contributed by atoms with Crippen LogP contribution in [0.5, 0.6) is 0 Å². The summed E-state index contributed by atoms with van der Waals surface area (Å²) in [5, 5.41) is 5.87. The molecule has 18 heavy (non-hydrogen) atoms. The van der Waals surface area contributed by atoms with Crippen LogP contribution in [-0.2, 0) is 9.59 Å². The molecule has 1 saturated heterocycles. The molecule has 104 valence electrons. The first-order chi connectivity index (χ1) is 8.38. The van der Waals surface area contributed by atoms with Crippen molar-refractivity contribution in [2.45, 2.75) is 25.5 Å². The van der Waals surface area contributed by atoms with Crippen molar-refractivity contribution in [3.05, 3.63) is 0 Å². The van der Waals surface area contributed by atoms with E-state index in [1.54, 1.807) is 16.7 Å². The molecular formula is C12H23N3O2S. The molecule has 0 unspecified atom stereocenters. The number of hydrogen-bond acceptors (Lipinski definition) is 4. The van der Waals surface area contributed by atoms with E-state index in [1.165, 1.54) is 0 Å². The first-order valence-electron chi connectivity index (χ1n) is 6.27. The normalized spacial score (nSPS) is 16.5. The molecule has 1 aliphatic heterocycles. The highest BCUT2D eigenvalue weighted by Gasteiger charge is 2.17. The molecule has 0 aliphatic carbocycles. The summed E-state index contributed by atoms with van der Waals surface area (Å²) in [6.07, 6.45) is 0. The molecule has 1 aliphatic rings. The highest BCUT2D eigenvalue weighted by atomic mass is 32.2. The van der Waals surface area contributed by atoms with E-state index in [9.17, 15) is 9.59 Å². The van der Waals surface area contributed by atoms with Gasteiger partial charge in [0.2, 0.25) is 11.8 Å². The fourth-order valence-corrected chi connectivity index (χ4v) is 2.20. The Bertz CT molecular complexity index is 296. The van der Waals surface area contributed by atoms with Crippen molar-refractivity contribution in [2.24, 2.45) is 0 Å². The molecule has 1 rings (SSSR count). The summed E-state index contributed by atoms with van der Waals surface area (Å²) >= 11 is 1.58. The van der Waals surface area contributed by atoms with Gasteiger partial charge in [-0.25, -0.2) is 0 Å². The van der Waals surface area contributed by atoms with E-state index in [0.717, 1.165) is 26.2 Å². The molecule has 0 aromatic carbocycles. The summed E-state index contributed by atoms with van der Waals surface area (Å²) in [5.74, 6) is 0.335. The van der Waals surface area contributed by atoms with Gasteiger partial charge >= 0.3 is 0 Å². The number of hydrogen-bond donors (Lipinski definition) is 2. The SMILES string of the molecule is CC(C)(C)SCC(=O)NCC(=O)N1CCNCC1. The number of nitrogens with one attached hydrogen (secondary N) is 2. The fraction of sp³-hybridized carbons (Fsp3) is 0.833. The van der Waals surface area contributed by atoms with Gasteiger partial charge in [-0.1, -0.05) is 20.8 Å². The van der Waals surface area contributed by atoms with Gasteiger partial charge in [0.15, 0.2) is 0 Å². The molecule has 0 atom stereocenters. The Balaban J connectivity index is 2.19. The molecular weight excluding hydrogens is 250 g/mol. The van der Waals surface area contributed by atoms with Crippen LogP contribution in [0.2, 0.25) is 0 Å². The first kappa shape index (κ1) is 15.3. The van der Waals surface area contributed by atoms with Gasteiger partial charge in [-0.15, -0.1) is 11.8 Å². The average molecular weight is 273 g/mol. The summed E-state index contributed by atoms with van der Waals surface area (Å²) in [4.78, 5) is 25.1. The standard InChI is InChI=1S/C12H23N3O2S/c1-12(2,3)18-9-10(16)14-8-11(17)15-6-4-13-5-7-15/h13H,4-9H2,1-3H3,(H,14,16). The maximum Gasteiger partial charge on any atom is 0.242 e. The maximum atomic E-state index is 11.8. The van der Waals surface area contributed by atoms with Gasteiger partial charge in [-0.2, -0.15) is 0 Å². The van der Waals surface area contributed by atoms with Crippen LogP contribution in [-0.4, -0.2) is 59.9 Å². The predicted octanol–water partition coefficient (Wildman–Crippen LogP) is 0.0661. The third-order valence-electron chi connectivity index (χ3n) is 2.54. The number of nitrogens with zero attached hydrogens (tertiary/aromatic N) is 1. The quantitative estimate of drug-likeness (QED) is 0.761. The molecule has 0 aromatic rings. The Morgan fingerprint density at radius 2 is 1.89 bits per heavy atom. The summed E-state index contributed by atoms with van der Waals surface area (Å²) in [6, 6.07) is 0. The van der Waals surface area contributed by atoms with Crippen molar-refractivity contribution in [3.8, 4) is 0 Å². The molecule has 1 heterocycles. The summed E-state index contributed by atoms with van der Waals surface area (Å²) in [5.41, 5.74) is 0. The van der Waals surface area contributed by atoms with Crippen LogP contribution in [0, 0.1) is 0 Å². The van der Waals surface area contributed by atoms with Gasteiger partial charge in [-0.3, -0.25) is 9.59 Å². The number of rotatable bonds is 4. The lowest BCUT2D eigenvalue weighted by Crippen LogP contribution is -2.49. The van der Waals surface area contributed by atoms with Crippen LogP contribution in [0.4, 0.5) is 0 Å². The van der Waals surface area contributed by atoms with Crippen molar-refractivity contribution in [1.29, 1.82) is 0 Å². The summed E-state index contributed by atoms with van der Waals surface area (Å²) < 4.78 is 0.0693. The molecule has 0 bridgehead atoms. The molecule has 0 aromatic heterocycles. The van der Waals surface area contributed by atoms with E-state index < -0.39 is 0 Å². The van der Waals surface area contributed by atoms with Gasteiger partial charge in [0.1, 0.15) is 0 Å². The monoisotopic (exact) mass is 273 g/mol. The number of thioether (sulfide) groups is 1. The highest BCUT2D eigenvalue weighted by molar-refractivity contribution is 8.01. The Morgan fingerprint density at radius 1 is 1.28 bits per heavy atom. The molecule has 6 heteroatoms. The number of carbonyl (C=O) groups is 2. The van der Waals surface area contributed by atoms with Gasteiger partial charge in [0.05, 0.1) is 12.3 Å². The van der Waals surface area contributed by atoms with E-state index in [0.29, 0.717) is 5.75 Å². The van der Waals surface area contributed by atoms with Crippen molar-refractivity contribution in [1.82, 2.24) is 15.5 Å². The van der Waals surface area contributed by atoms with Crippen LogP contribution in [0.3, 0.4) is 0 Å². The Labute approximate surface area is 113 Å². The third-order valence-corrected chi connectivity index (χ3v) is 3.82. The van der Waals surface area contributed by atoms with E-state index in [1.807, 2.05) is 0 Å². The summed E-state index contributed by atoms with van der Waals surface area (Å²) in [6.45, 7) is 9.43. The largest absolute Gasteiger partial charge is 0.346 e. The van der Waals surface area contributed by atoms with Crippen LogP contribution >= 0.6 is 11.8 Å². The molecule has 0 saturated carbocycles. The van der Waals surface area contributed by atoms with E-state index >= 15 is 0 Å². The number of carbonyl (C=O) groups excluding carboxylic acids is 2.